The quantitative estimate of drug-likeness (QED) is 0.606. The number of likely N-dealkylation sites (tertiary alicyclic amines) is 1. The maximum Gasteiger partial charge on any atom is 0.326 e. The summed E-state index contributed by atoms with van der Waals surface area (Å²) in [6.45, 7) is 4.16. The van der Waals surface area contributed by atoms with E-state index < -0.39 is 12.0 Å². The van der Waals surface area contributed by atoms with Crippen molar-refractivity contribution in [2.24, 2.45) is 0 Å². The van der Waals surface area contributed by atoms with Gasteiger partial charge in [0.1, 0.15) is 17.5 Å². The van der Waals surface area contributed by atoms with Gasteiger partial charge in [0.15, 0.2) is 0 Å². The Morgan fingerprint density at radius 1 is 1.34 bits per heavy atom. The Morgan fingerprint density at radius 3 is 2.90 bits per heavy atom. The summed E-state index contributed by atoms with van der Waals surface area (Å²) in [5.41, 5.74) is 1.16. The van der Waals surface area contributed by atoms with E-state index in [-0.39, 0.29) is 17.4 Å². The maximum atomic E-state index is 12.9. The Kier molecular flexibility index (Phi) is 4.99. The van der Waals surface area contributed by atoms with Crippen LogP contribution in [0.4, 0.5) is 0 Å². The number of carbonyl (C=O) groups excluding carboxylic acids is 1. The Bertz CT molecular complexity index is 1150. The van der Waals surface area contributed by atoms with Gasteiger partial charge in [-0.3, -0.25) is 9.59 Å². The van der Waals surface area contributed by atoms with Crippen molar-refractivity contribution in [3.05, 3.63) is 49.8 Å². The molecule has 1 aliphatic rings. The number of H-pyrrole nitrogens is 2. The molecule has 0 radical (unpaired) electrons. The van der Waals surface area contributed by atoms with Crippen LogP contribution in [0.1, 0.15) is 58.0 Å². The smallest absolute Gasteiger partial charge is 0.326 e. The van der Waals surface area contributed by atoms with Crippen molar-refractivity contribution in [3.63, 3.8) is 0 Å². The van der Waals surface area contributed by atoms with Gasteiger partial charge in [0.05, 0.1) is 10.3 Å². The number of nitrogens with zero attached hydrogens (tertiary/aromatic N) is 2. The van der Waals surface area contributed by atoms with Crippen molar-refractivity contribution >= 4 is 34.2 Å². The molecule has 3 aromatic rings. The number of carbonyl (C=O) groups is 2. The number of thiophene rings is 1. The SMILES string of the molecule is Cc1nc2[nH]cc(C(C)c3ccc(C(=O)N4CCCCC4C(=O)O)s3)c2c(=O)[nH]1. The fourth-order valence-corrected chi connectivity index (χ4v) is 4.98. The number of aromatic nitrogens is 3. The maximum absolute atomic E-state index is 12.9. The molecule has 4 heterocycles. The zero-order valence-electron chi connectivity index (χ0n) is 16.2. The van der Waals surface area contributed by atoms with Crippen molar-refractivity contribution in [2.45, 2.75) is 45.1 Å². The van der Waals surface area contributed by atoms with E-state index in [4.69, 9.17) is 0 Å². The number of fused-ring (bicyclic) bond motifs is 1. The molecule has 152 valence electrons. The number of hydrogen-bond acceptors (Lipinski definition) is 5. The fraction of sp³-hybridized carbons (Fsp3) is 0.400. The van der Waals surface area contributed by atoms with Gasteiger partial charge in [-0.05, 0) is 43.9 Å². The Morgan fingerprint density at radius 2 is 2.14 bits per heavy atom. The van der Waals surface area contributed by atoms with Crippen LogP contribution < -0.4 is 5.56 Å². The zero-order valence-corrected chi connectivity index (χ0v) is 17.0. The van der Waals surface area contributed by atoms with Gasteiger partial charge in [0, 0.05) is 23.5 Å². The molecule has 8 nitrogen and oxygen atoms in total. The molecule has 2 unspecified atom stereocenters. The molecule has 9 heteroatoms. The Balaban J connectivity index is 1.63. The van der Waals surface area contributed by atoms with Gasteiger partial charge in [-0.2, -0.15) is 0 Å². The van der Waals surface area contributed by atoms with Crippen LogP contribution in [0.25, 0.3) is 11.0 Å². The number of aliphatic carboxylic acids is 1. The minimum atomic E-state index is -0.955. The molecule has 0 aliphatic carbocycles. The summed E-state index contributed by atoms with van der Waals surface area (Å²) in [6, 6.07) is 2.85. The lowest BCUT2D eigenvalue weighted by Crippen LogP contribution is -2.47. The molecule has 1 aliphatic heterocycles. The summed E-state index contributed by atoms with van der Waals surface area (Å²) in [5, 5.41) is 9.96. The summed E-state index contributed by atoms with van der Waals surface area (Å²) in [7, 11) is 0. The number of aryl methyl sites for hydroxylation is 1. The zero-order chi connectivity index (χ0) is 20.7. The highest BCUT2D eigenvalue weighted by Crippen LogP contribution is 2.33. The lowest BCUT2D eigenvalue weighted by molar-refractivity contribution is -0.143. The number of aromatic amines is 2. The van der Waals surface area contributed by atoms with Crippen molar-refractivity contribution in [1.29, 1.82) is 0 Å². The van der Waals surface area contributed by atoms with Crippen LogP contribution >= 0.6 is 11.3 Å². The van der Waals surface area contributed by atoms with Gasteiger partial charge in [-0.1, -0.05) is 6.92 Å². The lowest BCUT2D eigenvalue weighted by Gasteiger charge is -2.32. The average molecular weight is 414 g/mol. The van der Waals surface area contributed by atoms with Crippen molar-refractivity contribution < 1.29 is 14.7 Å². The van der Waals surface area contributed by atoms with Gasteiger partial charge in [0.2, 0.25) is 0 Å². The number of carboxylic acid groups (broad SMARTS) is 1. The Labute approximate surface area is 170 Å². The molecule has 3 aromatic heterocycles. The molecule has 1 saturated heterocycles. The average Bonchev–Trinajstić information content (AvgIpc) is 3.34. The largest absolute Gasteiger partial charge is 0.480 e. The first kappa shape index (κ1) is 19.4. The van der Waals surface area contributed by atoms with Gasteiger partial charge >= 0.3 is 5.97 Å². The molecule has 0 saturated carbocycles. The van der Waals surface area contributed by atoms with Crippen LogP contribution in [0.3, 0.4) is 0 Å². The molecule has 1 amide bonds. The van der Waals surface area contributed by atoms with Crippen LogP contribution in [0, 0.1) is 6.92 Å². The van der Waals surface area contributed by atoms with E-state index in [1.54, 1.807) is 19.2 Å². The van der Waals surface area contributed by atoms with Crippen LogP contribution in [0.15, 0.2) is 23.1 Å². The van der Waals surface area contributed by atoms with Crippen molar-refractivity contribution in [1.82, 2.24) is 19.9 Å². The first-order valence-electron chi connectivity index (χ1n) is 9.58. The van der Waals surface area contributed by atoms with E-state index in [1.165, 1.54) is 16.2 Å². The Hall–Kier alpha value is -2.94. The van der Waals surface area contributed by atoms with E-state index in [2.05, 4.69) is 15.0 Å². The van der Waals surface area contributed by atoms with Crippen molar-refractivity contribution in [3.8, 4) is 0 Å². The molecule has 3 N–H and O–H groups in total. The molecular formula is C20H22N4O4S. The highest BCUT2D eigenvalue weighted by Gasteiger charge is 2.33. The summed E-state index contributed by atoms with van der Waals surface area (Å²) in [4.78, 5) is 49.9. The standard InChI is InChI=1S/C20H22N4O4S/c1-10(12-9-21-17-16(12)18(25)23-11(2)22-17)14-6-7-15(29-14)19(26)24-8-4-3-5-13(24)20(27)28/h6-7,9-10,13H,3-5,8H2,1-2H3,(H,27,28)(H2,21,22,23,25). The number of amides is 1. The van der Waals surface area contributed by atoms with Crippen molar-refractivity contribution in [2.75, 3.05) is 6.54 Å². The fourth-order valence-electron chi connectivity index (χ4n) is 3.94. The number of piperidine rings is 1. The predicted molar refractivity (Wildman–Crippen MR) is 110 cm³/mol. The summed E-state index contributed by atoms with van der Waals surface area (Å²) >= 11 is 1.34. The van der Waals surface area contributed by atoms with E-state index >= 15 is 0 Å². The first-order valence-corrected chi connectivity index (χ1v) is 10.4. The van der Waals surface area contributed by atoms with E-state index in [0.29, 0.717) is 34.7 Å². The van der Waals surface area contributed by atoms with Crippen LogP contribution in [-0.2, 0) is 4.79 Å². The normalized spacial score (nSPS) is 18.1. The van der Waals surface area contributed by atoms with Gasteiger partial charge in [-0.25, -0.2) is 9.78 Å². The second-order valence-electron chi connectivity index (χ2n) is 7.39. The third-order valence-electron chi connectivity index (χ3n) is 5.47. The minimum Gasteiger partial charge on any atom is -0.480 e. The van der Waals surface area contributed by atoms with Crippen LogP contribution in [0.2, 0.25) is 0 Å². The van der Waals surface area contributed by atoms with E-state index in [0.717, 1.165) is 23.3 Å². The van der Waals surface area contributed by atoms with Gasteiger partial charge in [0.25, 0.3) is 11.5 Å². The molecule has 4 rings (SSSR count). The summed E-state index contributed by atoms with van der Waals surface area (Å²) in [6.07, 6.45) is 3.90. The highest BCUT2D eigenvalue weighted by atomic mass is 32.1. The predicted octanol–water partition coefficient (Wildman–Crippen LogP) is 2.85. The molecule has 0 spiro atoms. The second-order valence-corrected chi connectivity index (χ2v) is 8.51. The van der Waals surface area contributed by atoms with Gasteiger partial charge < -0.3 is 20.0 Å². The van der Waals surface area contributed by atoms with E-state index in [9.17, 15) is 19.5 Å². The second kappa shape index (κ2) is 7.47. The molecule has 2 atom stereocenters. The molecule has 0 bridgehead atoms. The number of nitrogens with one attached hydrogen (secondary N) is 2. The van der Waals surface area contributed by atoms with Crippen LogP contribution in [-0.4, -0.2) is 49.4 Å². The first-order chi connectivity index (χ1) is 13.9. The highest BCUT2D eigenvalue weighted by molar-refractivity contribution is 7.14. The number of hydrogen-bond donors (Lipinski definition) is 3. The molecular weight excluding hydrogens is 392 g/mol. The third kappa shape index (κ3) is 3.46. The molecule has 0 aromatic carbocycles. The third-order valence-corrected chi connectivity index (χ3v) is 6.73. The lowest BCUT2D eigenvalue weighted by atomic mass is 10.0. The summed E-state index contributed by atoms with van der Waals surface area (Å²) < 4.78 is 0. The monoisotopic (exact) mass is 414 g/mol. The molecule has 1 fully saturated rings. The molecule has 29 heavy (non-hydrogen) atoms. The number of rotatable bonds is 4. The van der Waals surface area contributed by atoms with Crippen LogP contribution in [0.5, 0.6) is 0 Å². The van der Waals surface area contributed by atoms with E-state index in [1.807, 2.05) is 13.0 Å². The number of carboxylic acids is 1. The topological polar surface area (TPSA) is 119 Å². The summed E-state index contributed by atoms with van der Waals surface area (Å²) in [5.74, 6) is -0.766. The minimum absolute atomic E-state index is 0.113. The van der Waals surface area contributed by atoms with Gasteiger partial charge in [-0.15, -0.1) is 11.3 Å².